The summed E-state index contributed by atoms with van der Waals surface area (Å²) in [5.41, 5.74) is 0.153. The summed E-state index contributed by atoms with van der Waals surface area (Å²) in [5, 5.41) is 0. The number of esters is 1. The lowest BCUT2D eigenvalue weighted by Crippen LogP contribution is -2.67. The highest BCUT2D eigenvalue weighted by molar-refractivity contribution is 5.91. The minimum absolute atomic E-state index is 0.0109. The Morgan fingerprint density at radius 1 is 1.00 bits per heavy atom. The van der Waals surface area contributed by atoms with E-state index in [2.05, 4.69) is 20.8 Å². The quantitative estimate of drug-likeness (QED) is 0.609. The van der Waals surface area contributed by atoms with Gasteiger partial charge in [0.1, 0.15) is 0 Å². The SMILES string of the molecule is CC(=O)O[C@@]1(C(C)=O)[C@@H](C)CC[C@H]2[C@@H]3CCC4=CC(=O)CC[C@]4(C)[C@H]3CC[C@@]21C. The first-order valence-corrected chi connectivity index (χ1v) is 11.5. The smallest absolute Gasteiger partial charge is 0.303 e. The molecule has 0 amide bonds. The van der Waals surface area contributed by atoms with E-state index < -0.39 is 5.60 Å². The monoisotopic (exact) mass is 400 g/mol. The second-order valence-electron chi connectivity index (χ2n) is 10.8. The van der Waals surface area contributed by atoms with Gasteiger partial charge >= 0.3 is 5.97 Å². The number of rotatable bonds is 2. The molecule has 0 radical (unpaired) electrons. The van der Waals surface area contributed by atoms with E-state index in [1.165, 1.54) is 12.5 Å². The lowest BCUT2D eigenvalue weighted by Gasteiger charge is -2.65. The Bertz CT molecular complexity index is 782. The number of hydrogen-bond donors (Lipinski definition) is 0. The van der Waals surface area contributed by atoms with Gasteiger partial charge in [-0.25, -0.2) is 0 Å². The van der Waals surface area contributed by atoms with Crippen LogP contribution in [0.2, 0.25) is 0 Å². The van der Waals surface area contributed by atoms with Crippen molar-refractivity contribution in [3.05, 3.63) is 11.6 Å². The van der Waals surface area contributed by atoms with Crippen LogP contribution in [0.4, 0.5) is 0 Å². The van der Waals surface area contributed by atoms with Crippen molar-refractivity contribution < 1.29 is 19.1 Å². The van der Waals surface area contributed by atoms with Gasteiger partial charge in [0.2, 0.25) is 0 Å². The van der Waals surface area contributed by atoms with Gasteiger partial charge in [-0.05, 0) is 81.1 Å². The molecule has 0 aromatic carbocycles. The molecule has 0 saturated heterocycles. The van der Waals surface area contributed by atoms with Gasteiger partial charge in [-0.2, -0.15) is 0 Å². The Kier molecular flexibility index (Phi) is 4.87. The third-order valence-corrected chi connectivity index (χ3v) is 9.63. The molecular formula is C25H36O4. The molecule has 4 rings (SSSR count). The Balaban J connectivity index is 1.75. The van der Waals surface area contributed by atoms with Gasteiger partial charge in [0.15, 0.2) is 17.2 Å². The molecule has 0 spiro atoms. The molecule has 0 aliphatic heterocycles. The number of hydrogen-bond acceptors (Lipinski definition) is 4. The van der Waals surface area contributed by atoms with Crippen molar-refractivity contribution in [2.45, 2.75) is 91.6 Å². The summed E-state index contributed by atoms with van der Waals surface area (Å²) in [5.74, 6) is 1.48. The van der Waals surface area contributed by atoms with Gasteiger partial charge in [0.25, 0.3) is 0 Å². The molecule has 0 bridgehead atoms. The largest absolute Gasteiger partial charge is 0.450 e. The highest BCUT2D eigenvalue weighted by Gasteiger charge is 2.67. The van der Waals surface area contributed by atoms with Crippen molar-refractivity contribution in [2.75, 3.05) is 0 Å². The molecule has 29 heavy (non-hydrogen) atoms. The van der Waals surface area contributed by atoms with E-state index in [0.29, 0.717) is 24.2 Å². The van der Waals surface area contributed by atoms with Crippen LogP contribution in [0.25, 0.3) is 0 Å². The topological polar surface area (TPSA) is 60.4 Å². The Labute approximate surface area is 174 Å². The zero-order valence-corrected chi connectivity index (χ0v) is 18.7. The van der Waals surface area contributed by atoms with Gasteiger partial charge in [0.05, 0.1) is 0 Å². The minimum Gasteiger partial charge on any atom is -0.450 e. The summed E-state index contributed by atoms with van der Waals surface area (Å²) in [7, 11) is 0. The van der Waals surface area contributed by atoms with Gasteiger partial charge in [-0.3, -0.25) is 14.4 Å². The molecule has 0 aromatic heterocycles. The van der Waals surface area contributed by atoms with Crippen molar-refractivity contribution in [1.29, 1.82) is 0 Å². The van der Waals surface area contributed by atoms with E-state index >= 15 is 0 Å². The number of carbonyl (C=O) groups is 3. The molecule has 4 aliphatic carbocycles. The van der Waals surface area contributed by atoms with Crippen LogP contribution in [0.1, 0.15) is 86.0 Å². The summed E-state index contributed by atoms with van der Waals surface area (Å²) in [6.45, 7) is 9.75. The van der Waals surface area contributed by atoms with Gasteiger partial charge in [-0.1, -0.05) is 26.3 Å². The first-order valence-electron chi connectivity index (χ1n) is 11.5. The van der Waals surface area contributed by atoms with E-state index in [0.717, 1.165) is 44.9 Å². The van der Waals surface area contributed by atoms with Crippen LogP contribution < -0.4 is 0 Å². The summed E-state index contributed by atoms with van der Waals surface area (Å²) >= 11 is 0. The van der Waals surface area contributed by atoms with Gasteiger partial charge in [-0.15, -0.1) is 0 Å². The summed E-state index contributed by atoms with van der Waals surface area (Å²) < 4.78 is 6.01. The maximum absolute atomic E-state index is 13.1. The lowest BCUT2D eigenvalue weighted by atomic mass is 9.40. The molecule has 4 heteroatoms. The molecule has 0 unspecified atom stereocenters. The molecule has 0 N–H and O–H groups in total. The lowest BCUT2D eigenvalue weighted by molar-refractivity contribution is -0.227. The van der Waals surface area contributed by atoms with E-state index in [-0.39, 0.29) is 34.3 Å². The average Bonchev–Trinajstić information content (AvgIpc) is 2.64. The van der Waals surface area contributed by atoms with Crippen LogP contribution in [-0.2, 0) is 19.1 Å². The van der Waals surface area contributed by atoms with E-state index in [1.807, 2.05) is 6.08 Å². The molecule has 0 heterocycles. The first-order chi connectivity index (χ1) is 13.6. The highest BCUT2D eigenvalue weighted by atomic mass is 16.6. The van der Waals surface area contributed by atoms with Crippen LogP contribution in [0.15, 0.2) is 11.6 Å². The van der Waals surface area contributed by atoms with Crippen LogP contribution in [-0.4, -0.2) is 23.1 Å². The van der Waals surface area contributed by atoms with Crippen LogP contribution >= 0.6 is 0 Å². The Hall–Kier alpha value is -1.45. The normalized spacial score (nSPS) is 46.7. The standard InChI is InChI=1S/C25H36O4/c1-15-6-9-22-20-8-7-18-14-19(28)10-12-23(18,4)21(20)11-13-24(22,5)25(15,16(2)26)29-17(3)27/h14-15,20-22H,6-13H2,1-5H3/t15-,20+,21-,22-,23-,24-,25+/m0/s1. The second-order valence-corrected chi connectivity index (χ2v) is 10.8. The van der Waals surface area contributed by atoms with Crippen LogP contribution in [0.3, 0.4) is 0 Å². The number of allylic oxidation sites excluding steroid dienone is 2. The number of ether oxygens (including phenoxy) is 1. The maximum Gasteiger partial charge on any atom is 0.303 e. The van der Waals surface area contributed by atoms with Crippen molar-refractivity contribution >= 4 is 17.5 Å². The van der Waals surface area contributed by atoms with Crippen molar-refractivity contribution in [1.82, 2.24) is 0 Å². The first kappa shape index (κ1) is 20.8. The minimum atomic E-state index is -1.01. The maximum atomic E-state index is 13.1. The number of fused-ring (bicyclic) bond motifs is 5. The fraction of sp³-hybridized carbons (Fsp3) is 0.800. The fourth-order valence-corrected chi connectivity index (χ4v) is 8.33. The zero-order valence-electron chi connectivity index (χ0n) is 18.7. The fourth-order valence-electron chi connectivity index (χ4n) is 8.33. The highest BCUT2D eigenvalue weighted by Crippen LogP contribution is 2.67. The molecule has 3 saturated carbocycles. The molecule has 160 valence electrons. The van der Waals surface area contributed by atoms with E-state index in [9.17, 15) is 14.4 Å². The van der Waals surface area contributed by atoms with E-state index in [4.69, 9.17) is 4.74 Å². The third-order valence-electron chi connectivity index (χ3n) is 9.63. The van der Waals surface area contributed by atoms with Crippen LogP contribution in [0.5, 0.6) is 0 Å². The summed E-state index contributed by atoms with van der Waals surface area (Å²) in [4.78, 5) is 37.2. The van der Waals surface area contributed by atoms with Crippen molar-refractivity contribution in [3.8, 4) is 0 Å². The Morgan fingerprint density at radius 2 is 1.72 bits per heavy atom. The summed E-state index contributed by atoms with van der Waals surface area (Å²) in [6, 6.07) is 0. The van der Waals surface area contributed by atoms with Crippen molar-refractivity contribution in [2.24, 2.45) is 34.5 Å². The number of carbonyl (C=O) groups excluding carboxylic acids is 3. The number of ketones is 2. The molecule has 4 nitrogen and oxygen atoms in total. The van der Waals surface area contributed by atoms with E-state index in [1.54, 1.807) is 6.92 Å². The predicted molar refractivity (Wildman–Crippen MR) is 111 cm³/mol. The molecular weight excluding hydrogens is 364 g/mol. The zero-order chi connectivity index (χ0) is 21.2. The average molecular weight is 401 g/mol. The van der Waals surface area contributed by atoms with Crippen molar-refractivity contribution in [3.63, 3.8) is 0 Å². The van der Waals surface area contributed by atoms with Crippen LogP contribution in [0, 0.1) is 34.5 Å². The molecule has 7 atom stereocenters. The summed E-state index contributed by atoms with van der Waals surface area (Å²) in [6.07, 6.45) is 9.61. The molecule has 3 fully saturated rings. The molecule has 0 aromatic rings. The predicted octanol–water partition coefficient (Wildman–Crippen LogP) is 5.05. The Morgan fingerprint density at radius 3 is 2.38 bits per heavy atom. The van der Waals surface area contributed by atoms with Gasteiger partial charge in [0, 0.05) is 24.7 Å². The van der Waals surface area contributed by atoms with Gasteiger partial charge < -0.3 is 4.74 Å². The number of Topliss-reactive ketones (excluding diaryl/α,β-unsaturated/α-hetero) is 1. The second kappa shape index (κ2) is 6.78. The molecule has 4 aliphatic rings. The third kappa shape index (κ3) is 2.73.